The third-order valence-electron chi connectivity index (χ3n) is 4.38. The zero-order valence-corrected chi connectivity index (χ0v) is 16.5. The second kappa shape index (κ2) is 7.79. The molecule has 3 N–H and O–H groups in total. The van der Waals surface area contributed by atoms with E-state index in [1.165, 1.54) is 24.5 Å². The highest BCUT2D eigenvalue weighted by Gasteiger charge is 2.22. The summed E-state index contributed by atoms with van der Waals surface area (Å²) in [5.41, 5.74) is -0.0401. The van der Waals surface area contributed by atoms with Crippen molar-refractivity contribution in [1.82, 2.24) is 4.98 Å². The van der Waals surface area contributed by atoms with Crippen molar-refractivity contribution < 1.29 is 23.4 Å². The Balaban J connectivity index is 2.10. The molecule has 10 heteroatoms. The van der Waals surface area contributed by atoms with Crippen LogP contribution in [0.25, 0.3) is 33.4 Å². The molecule has 0 amide bonds. The Morgan fingerprint density at radius 2 is 1.87 bits per heavy atom. The van der Waals surface area contributed by atoms with Gasteiger partial charge in [-0.15, -0.1) is 0 Å². The molecule has 0 saturated heterocycles. The van der Waals surface area contributed by atoms with Gasteiger partial charge in [0, 0.05) is 40.7 Å². The summed E-state index contributed by atoms with van der Waals surface area (Å²) in [6, 6.07) is 10.3. The number of phenolic OH excluding ortho intramolecular Hbond substituents is 2. The fraction of sp³-hybridized carbons (Fsp3) is 0. The zero-order chi connectivity index (χ0) is 21.4. The van der Waals surface area contributed by atoms with Gasteiger partial charge in [0.15, 0.2) is 11.0 Å². The average Bonchev–Trinajstić information content (AvgIpc) is 2.68. The number of halogens is 1. The molecular weight excluding hydrogens is 432 g/mol. The lowest BCUT2D eigenvalue weighted by Crippen LogP contribution is -2.05. The topological polar surface area (TPSA) is 136 Å². The Kier molecular flexibility index (Phi) is 5.17. The quantitative estimate of drug-likeness (QED) is 0.408. The Morgan fingerprint density at radius 3 is 2.60 bits per heavy atom. The van der Waals surface area contributed by atoms with Crippen LogP contribution in [0.15, 0.2) is 64.1 Å². The lowest BCUT2D eigenvalue weighted by molar-refractivity contribution is 0.453. The second-order valence-electron chi connectivity index (χ2n) is 6.21. The minimum Gasteiger partial charge on any atom is -0.755 e. The van der Waals surface area contributed by atoms with E-state index in [9.17, 15) is 23.8 Å². The normalized spacial score (nSPS) is 12.1. The maximum atomic E-state index is 12.8. The monoisotopic (exact) mass is 443 g/mol. The molecule has 0 fully saturated rings. The van der Waals surface area contributed by atoms with Crippen molar-refractivity contribution in [3.63, 3.8) is 0 Å². The molecule has 0 aliphatic carbocycles. The predicted octanol–water partition coefficient (Wildman–Crippen LogP) is 3.79. The van der Waals surface area contributed by atoms with Gasteiger partial charge in [0.25, 0.3) is 0 Å². The van der Waals surface area contributed by atoms with Gasteiger partial charge < -0.3 is 23.9 Å². The molecule has 2 heterocycles. The molecular formula is C20H12ClN2O6S-. The van der Waals surface area contributed by atoms with Gasteiger partial charge >= 0.3 is 0 Å². The smallest absolute Gasteiger partial charge is 0.197 e. The minimum atomic E-state index is -2.67. The molecule has 1 atom stereocenters. The van der Waals surface area contributed by atoms with E-state index in [0.29, 0.717) is 10.6 Å². The molecule has 0 aliphatic rings. The van der Waals surface area contributed by atoms with Crippen LogP contribution in [0.2, 0.25) is 5.02 Å². The predicted molar refractivity (Wildman–Crippen MR) is 112 cm³/mol. The Bertz CT molecular complexity index is 1370. The number of hydrogen-bond acceptors (Lipinski definition) is 7. The minimum absolute atomic E-state index is 0.00385. The summed E-state index contributed by atoms with van der Waals surface area (Å²) >= 11 is 3.55. The molecule has 0 aliphatic heterocycles. The summed E-state index contributed by atoms with van der Waals surface area (Å²) in [5, 5.41) is 21.0. The van der Waals surface area contributed by atoms with Gasteiger partial charge in [-0.3, -0.25) is 14.0 Å². The Labute approximate surface area is 176 Å². The fourth-order valence-electron chi connectivity index (χ4n) is 3.14. The highest BCUT2D eigenvalue weighted by Crippen LogP contribution is 2.43. The molecule has 152 valence electrons. The van der Waals surface area contributed by atoms with Crippen LogP contribution in [0.1, 0.15) is 0 Å². The van der Waals surface area contributed by atoms with Crippen molar-refractivity contribution in [2.24, 2.45) is 0 Å². The number of phenols is 2. The van der Waals surface area contributed by atoms with Crippen LogP contribution in [-0.4, -0.2) is 24.0 Å². The van der Waals surface area contributed by atoms with E-state index in [1.807, 2.05) is 0 Å². The standard InChI is InChI=1S/C20H13ClN2O6S/c21-12-4-2-1-3-10(12)17-8-16(26)19-15(25)7-14(24)18(20(19)29-17)11-5-6-22-9-13(11)23-30(27)28/h1-9,23-25H,(H,27,28)/p-1. The molecule has 4 aromatic rings. The summed E-state index contributed by atoms with van der Waals surface area (Å²) in [5.74, 6) is -0.799. The zero-order valence-electron chi connectivity index (χ0n) is 15.0. The summed E-state index contributed by atoms with van der Waals surface area (Å²) in [4.78, 5) is 16.7. The number of benzene rings is 2. The first-order valence-corrected chi connectivity index (χ1v) is 9.90. The first-order valence-electron chi connectivity index (χ1n) is 8.45. The number of nitrogens with zero attached hydrogens (tertiary/aromatic N) is 1. The first kappa shape index (κ1) is 19.9. The van der Waals surface area contributed by atoms with Crippen molar-refractivity contribution in [3.05, 3.63) is 70.1 Å². The van der Waals surface area contributed by atoms with Gasteiger partial charge in [0.2, 0.25) is 0 Å². The van der Waals surface area contributed by atoms with Gasteiger partial charge in [0.1, 0.15) is 22.6 Å². The molecule has 4 rings (SSSR count). The fourth-order valence-corrected chi connectivity index (χ4v) is 3.71. The number of nitrogens with one attached hydrogen (secondary N) is 1. The van der Waals surface area contributed by atoms with E-state index in [1.54, 1.807) is 24.3 Å². The van der Waals surface area contributed by atoms with E-state index >= 15 is 0 Å². The van der Waals surface area contributed by atoms with Crippen LogP contribution >= 0.6 is 11.6 Å². The highest BCUT2D eigenvalue weighted by molar-refractivity contribution is 7.80. The van der Waals surface area contributed by atoms with Gasteiger partial charge in [-0.1, -0.05) is 23.7 Å². The lowest BCUT2D eigenvalue weighted by Gasteiger charge is -2.16. The van der Waals surface area contributed by atoms with E-state index in [2.05, 4.69) is 9.71 Å². The number of aromatic hydroxyl groups is 2. The van der Waals surface area contributed by atoms with Crippen molar-refractivity contribution in [3.8, 4) is 33.9 Å². The number of anilines is 1. The largest absolute Gasteiger partial charge is 0.755 e. The summed E-state index contributed by atoms with van der Waals surface area (Å²) in [6.45, 7) is 0. The molecule has 2 aromatic heterocycles. The van der Waals surface area contributed by atoms with Crippen LogP contribution in [0.4, 0.5) is 5.69 Å². The molecule has 1 unspecified atom stereocenters. The van der Waals surface area contributed by atoms with E-state index < -0.39 is 28.2 Å². The summed E-state index contributed by atoms with van der Waals surface area (Å²) in [7, 11) is 0. The van der Waals surface area contributed by atoms with Crippen LogP contribution < -0.4 is 10.2 Å². The number of hydrogen-bond donors (Lipinski definition) is 3. The van der Waals surface area contributed by atoms with E-state index in [-0.39, 0.29) is 33.5 Å². The van der Waals surface area contributed by atoms with Gasteiger partial charge in [-0.25, -0.2) is 0 Å². The third kappa shape index (κ3) is 3.50. The molecule has 30 heavy (non-hydrogen) atoms. The summed E-state index contributed by atoms with van der Waals surface area (Å²) < 4.78 is 30.4. The number of pyridine rings is 1. The number of aromatic nitrogens is 1. The summed E-state index contributed by atoms with van der Waals surface area (Å²) in [6.07, 6.45) is 2.61. The van der Waals surface area contributed by atoms with Gasteiger partial charge in [0.05, 0.1) is 22.5 Å². The SMILES string of the molecule is O=c1cc(-c2ccccc2Cl)oc2c(-c3ccncc3NS(=O)[O-])c(O)cc(O)c12. The second-order valence-corrected chi connectivity index (χ2v) is 7.29. The molecule has 0 spiro atoms. The average molecular weight is 444 g/mol. The van der Waals surface area contributed by atoms with Crippen molar-refractivity contribution >= 4 is 39.5 Å². The van der Waals surface area contributed by atoms with Crippen molar-refractivity contribution in [2.45, 2.75) is 0 Å². The maximum Gasteiger partial charge on any atom is 0.197 e. The van der Waals surface area contributed by atoms with Crippen LogP contribution in [-0.2, 0) is 11.3 Å². The third-order valence-corrected chi connectivity index (χ3v) is 5.10. The van der Waals surface area contributed by atoms with Gasteiger partial charge in [-0.2, -0.15) is 0 Å². The molecule has 0 radical (unpaired) electrons. The van der Waals surface area contributed by atoms with Crippen LogP contribution in [0, 0.1) is 0 Å². The van der Waals surface area contributed by atoms with Crippen molar-refractivity contribution in [2.75, 3.05) is 4.72 Å². The molecule has 8 nitrogen and oxygen atoms in total. The van der Waals surface area contributed by atoms with Crippen LogP contribution in [0.3, 0.4) is 0 Å². The molecule has 2 aromatic carbocycles. The Morgan fingerprint density at radius 1 is 1.10 bits per heavy atom. The van der Waals surface area contributed by atoms with Crippen molar-refractivity contribution in [1.29, 1.82) is 0 Å². The molecule has 0 bridgehead atoms. The first-order chi connectivity index (χ1) is 14.4. The maximum absolute atomic E-state index is 12.8. The lowest BCUT2D eigenvalue weighted by atomic mass is 10.00. The van der Waals surface area contributed by atoms with E-state index in [4.69, 9.17) is 16.0 Å². The van der Waals surface area contributed by atoms with Gasteiger partial charge in [-0.05, 0) is 18.2 Å². The number of rotatable bonds is 4. The Hall–Kier alpha value is -3.40. The highest BCUT2D eigenvalue weighted by atomic mass is 35.5. The van der Waals surface area contributed by atoms with E-state index in [0.717, 1.165) is 6.07 Å². The molecule has 0 saturated carbocycles. The van der Waals surface area contributed by atoms with Crippen LogP contribution in [0.5, 0.6) is 11.5 Å². The number of fused-ring (bicyclic) bond motifs is 1.